The van der Waals surface area contributed by atoms with E-state index in [1.54, 1.807) is 0 Å². The van der Waals surface area contributed by atoms with Crippen LogP contribution < -0.4 is 0 Å². The Kier molecular flexibility index (Phi) is 17.6. The number of unbranched alkanes of at least 4 members (excludes halogenated alkanes) is 10. The first-order valence-corrected chi connectivity index (χ1v) is 9.54. The minimum Gasteiger partial charge on any atom is -0.0885 e. The molecule has 0 aliphatic rings. The monoisotopic (exact) mass is 292 g/mol. The molecule has 0 heterocycles. The van der Waals surface area contributed by atoms with Crippen LogP contribution in [0.3, 0.4) is 0 Å². The fraction of sp³-hybridized carbons (Fsp3) is 0.810. The van der Waals surface area contributed by atoms with Crippen LogP contribution in [-0.4, -0.2) is 0 Å². The fourth-order valence-corrected chi connectivity index (χ4v) is 2.78. The van der Waals surface area contributed by atoms with Gasteiger partial charge in [0.25, 0.3) is 0 Å². The van der Waals surface area contributed by atoms with E-state index in [0.717, 1.165) is 18.8 Å². The van der Waals surface area contributed by atoms with E-state index in [9.17, 15) is 0 Å². The molecule has 0 saturated carbocycles. The van der Waals surface area contributed by atoms with E-state index in [4.69, 9.17) is 0 Å². The maximum absolute atomic E-state index is 3.90. The molecule has 0 N–H and O–H groups in total. The Balaban J connectivity index is 3.20. The second-order valence-corrected chi connectivity index (χ2v) is 6.62. The second-order valence-electron chi connectivity index (χ2n) is 6.62. The molecule has 0 saturated heterocycles. The van der Waals surface area contributed by atoms with Gasteiger partial charge in [0.1, 0.15) is 0 Å². The molecule has 0 bridgehead atoms. The third-order valence-electron chi connectivity index (χ3n) is 4.30. The lowest BCUT2D eigenvalue weighted by atomic mass is 9.97. The molecule has 0 aromatic heterocycles. The van der Waals surface area contributed by atoms with Gasteiger partial charge in [0.2, 0.25) is 0 Å². The SMILES string of the molecule is [CH2]CCCCCCC/C=C/CCCC(C)CCCCC[CH2]. The smallest absolute Gasteiger partial charge is 0.0351 e. The summed E-state index contributed by atoms with van der Waals surface area (Å²) in [4.78, 5) is 0. The molecule has 0 fully saturated rings. The Morgan fingerprint density at radius 1 is 0.619 bits per heavy atom. The van der Waals surface area contributed by atoms with Gasteiger partial charge in [-0.25, -0.2) is 0 Å². The highest BCUT2D eigenvalue weighted by Crippen LogP contribution is 2.16. The van der Waals surface area contributed by atoms with Crippen LogP contribution in [0.25, 0.3) is 0 Å². The Bertz CT molecular complexity index is 204. The molecule has 0 rings (SSSR count). The van der Waals surface area contributed by atoms with Crippen molar-refractivity contribution in [3.05, 3.63) is 26.0 Å². The van der Waals surface area contributed by atoms with E-state index in [0.29, 0.717) is 0 Å². The third-order valence-corrected chi connectivity index (χ3v) is 4.30. The van der Waals surface area contributed by atoms with Gasteiger partial charge in [-0.3, -0.25) is 0 Å². The molecule has 0 aromatic rings. The molecule has 0 aliphatic heterocycles. The van der Waals surface area contributed by atoms with E-state index in [1.807, 2.05) is 0 Å². The number of hydrogen-bond donors (Lipinski definition) is 0. The quantitative estimate of drug-likeness (QED) is 0.202. The Morgan fingerprint density at radius 3 is 1.76 bits per heavy atom. The van der Waals surface area contributed by atoms with Gasteiger partial charge in [-0.2, -0.15) is 0 Å². The zero-order chi connectivity index (χ0) is 15.6. The van der Waals surface area contributed by atoms with E-state index in [-0.39, 0.29) is 0 Å². The third kappa shape index (κ3) is 17.7. The molecule has 0 aromatic carbocycles. The fourth-order valence-electron chi connectivity index (χ4n) is 2.78. The van der Waals surface area contributed by atoms with Crippen molar-refractivity contribution in [3.8, 4) is 0 Å². The Morgan fingerprint density at radius 2 is 1.10 bits per heavy atom. The van der Waals surface area contributed by atoms with Gasteiger partial charge in [0.05, 0.1) is 0 Å². The maximum Gasteiger partial charge on any atom is -0.0351 e. The molecule has 21 heavy (non-hydrogen) atoms. The highest BCUT2D eigenvalue weighted by molar-refractivity contribution is 4.81. The van der Waals surface area contributed by atoms with Crippen LogP contribution in [-0.2, 0) is 0 Å². The molecule has 0 nitrogen and oxygen atoms in total. The van der Waals surface area contributed by atoms with Crippen molar-refractivity contribution in [2.75, 3.05) is 0 Å². The minimum atomic E-state index is 0.913. The highest BCUT2D eigenvalue weighted by atomic mass is 14.1. The van der Waals surface area contributed by atoms with Crippen molar-refractivity contribution in [1.29, 1.82) is 0 Å². The van der Waals surface area contributed by atoms with E-state index in [2.05, 4.69) is 32.9 Å². The van der Waals surface area contributed by atoms with E-state index < -0.39 is 0 Å². The molecule has 1 atom stereocenters. The molecule has 0 spiro atoms. The predicted octanol–water partition coefficient (Wildman–Crippen LogP) is 7.70. The number of allylic oxidation sites excluding steroid dienone is 2. The number of rotatable bonds is 16. The van der Waals surface area contributed by atoms with Crippen LogP contribution in [0.5, 0.6) is 0 Å². The molecule has 2 radical (unpaired) electrons. The van der Waals surface area contributed by atoms with Crippen molar-refractivity contribution in [2.45, 2.75) is 103 Å². The first-order valence-electron chi connectivity index (χ1n) is 9.54. The summed E-state index contributed by atoms with van der Waals surface area (Å²) in [6, 6.07) is 0. The normalized spacial score (nSPS) is 13.1. The van der Waals surface area contributed by atoms with Crippen molar-refractivity contribution < 1.29 is 0 Å². The summed E-state index contributed by atoms with van der Waals surface area (Å²) in [6.07, 6.45) is 24.7. The summed E-state index contributed by atoms with van der Waals surface area (Å²) in [5, 5.41) is 0. The molecule has 124 valence electrons. The van der Waals surface area contributed by atoms with Crippen molar-refractivity contribution in [3.63, 3.8) is 0 Å². The van der Waals surface area contributed by atoms with E-state index >= 15 is 0 Å². The lowest BCUT2D eigenvalue weighted by Crippen LogP contribution is -1.94. The van der Waals surface area contributed by atoms with Crippen LogP contribution >= 0.6 is 0 Å². The summed E-state index contributed by atoms with van der Waals surface area (Å²) >= 11 is 0. The van der Waals surface area contributed by atoms with Gasteiger partial charge in [0.15, 0.2) is 0 Å². The first-order chi connectivity index (χ1) is 10.3. The molecule has 1 unspecified atom stereocenters. The van der Waals surface area contributed by atoms with Gasteiger partial charge < -0.3 is 0 Å². The van der Waals surface area contributed by atoms with Crippen LogP contribution in [0, 0.1) is 19.8 Å². The second kappa shape index (κ2) is 17.8. The molecular formula is C21H40. The predicted molar refractivity (Wildman–Crippen MR) is 98.3 cm³/mol. The molecule has 0 aliphatic carbocycles. The zero-order valence-corrected chi connectivity index (χ0v) is 14.8. The van der Waals surface area contributed by atoms with Crippen molar-refractivity contribution in [1.82, 2.24) is 0 Å². The standard InChI is InChI=1S/C21H40/c1-4-6-8-10-11-12-13-14-15-16-18-20-21(3)19-17-9-7-5-2/h14-15,21H,1-2,4-13,16-20H2,3H3/b15-14+. The topological polar surface area (TPSA) is 0 Å². The first kappa shape index (κ1) is 20.7. The lowest BCUT2D eigenvalue weighted by molar-refractivity contribution is 0.450. The largest absolute Gasteiger partial charge is 0.0885 e. The van der Waals surface area contributed by atoms with Crippen molar-refractivity contribution >= 4 is 0 Å². The van der Waals surface area contributed by atoms with Crippen LogP contribution in [0.2, 0.25) is 0 Å². The zero-order valence-electron chi connectivity index (χ0n) is 14.8. The average molecular weight is 293 g/mol. The summed E-state index contributed by atoms with van der Waals surface area (Å²) in [6.45, 7) is 10.2. The van der Waals surface area contributed by atoms with Gasteiger partial charge in [0, 0.05) is 0 Å². The Labute approximate surface area is 135 Å². The van der Waals surface area contributed by atoms with E-state index in [1.165, 1.54) is 83.5 Å². The lowest BCUT2D eigenvalue weighted by Gasteiger charge is -2.09. The average Bonchev–Trinajstić information content (AvgIpc) is 2.49. The molecular weight excluding hydrogens is 252 g/mol. The van der Waals surface area contributed by atoms with Gasteiger partial charge in [-0.15, -0.1) is 0 Å². The van der Waals surface area contributed by atoms with Gasteiger partial charge in [-0.1, -0.05) is 104 Å². The van der Waals surface area contributed by atoms with Crippen LogP contribution in [0.4, 0.5) is 0 Å². The molecule has 0 amide bonds. The van der Waals surface area contributed by atoms with Gasteiger partial charge >= 0.3 is 0 Å². The van der Waals surface area contributed by atoms with Crippen LogP contribution in [0.15, 0.2) is 12.2 Å². The summed E-state index contributed by atoms with van der Waals surface area (Å²) in [5.74, 6) is 0.913. The summed E-state index contributed by atoms with van der Waals surface area (Å²) in [7, 11) is 0. The molecule has 0 heteroatoms. The minimum absolute atomic E-state index is 0.913. The van der Waals surface area contributed by atoms with Gasteiger partial charge in [-0.05, 0) is 31.6 Å². The Hall–Kier alpha value is -0.260. The number of hydrogen-bond acceptors (Lipinski definition) is 0. The highest BCUT2D eigenvalue weighted by Gasteiger charge is 2.00. The summed E-state index contributed by atoms with van der Waals surface area (Å²) < 4.78 is 0. The maximum atomic E-state index is 3.90. The van der Waals surface area contributed by atoms with Crippen molar-refractivity contribution in [2.24, 2.45) is 5.92 Å². The van der Waals surface area contributed by atoms with Crippen LogP contribution in [0.1, 0.15) is 103 Å². The summed E-state index contributed by atoms with van der Waals surface area (Å²) in [5.41, 5.74) is 0.